The largest absolute Gasteiger partial charge is 0.375 e. The number of ether oxygens (including phenoxy) is 1. The SMILES string of the molecule is CS(=O)(=O)N1CCC2(CC1)CC(CC(=O)NCCc1ccccc1)CCO2. The van der Waals surface area contributed by atoms with Crippen LogP contribution in [0, 0.1) is 5.92 Å². The van der Waals surface area contributed by atoms with Crippen molar-refractivity contribution in [2.24, 2.45) is 5.92 Å². The van der Waals surface area contributed by atoms with Crippen LogP contribution in [0.15, 0.2) is 30.3 Å². The summed E-state index contributed by atoms with van der Waals surface area (Å²) in [5.41, 5.74) is 0.967. The summed E-state index contributed by atoms with van der Waals surface area (Å²) in [5, 5.41) is 3.03. The van der Waals surface area contributed by atoms with Crippen molar-refractivity contribution < 1.29 is 17.9 Å². The lowest BCUT2D eigenvalue weighted by Gasteiger charge is -2.45. The molecule has 0 aliphatic carbocycles. The monoisotopic (exact) mass is 394 g/mol. The summed E-state index contributed by atoms with van der Waals surface area (Å²) in [5.74, 6) is 0.404. The molecule has 1 spiro atoms. The second-order valence-electron chi connectivity index (χ2n) is 7.84. The second kappa shape index (κ2) is 8.71. The maximum atomic E-state index is 12.3. The smallest absolute Gasteiger partial charge is 0.220 e. The van der Waals surface area contributed by atoms with Gasteiger partial charge in [0.15, 0.2) is 0 Å². The summed E-state index contributed by atoms with van der Waals surface area (Å²) < 4.78 is 31.0. The van der Waals surface area contributed by atoms with E-state index in [0.29, 0.717) is 51.4 Å². The first-order valence-corrected chi connectivity index (χ1v) is 11.6. The highest BCUT2D eigenvalue weighted by Crippen LogP contribution is 2.39. The third-order valence-electron chi connectivity index (χ3n) is 5.75. The van der Waals surface area contributed by atoms with Gasteiger partial charge in [0.05, 0.1) is 11.9 Å². The van der Waals surface area contributed by atoms with Crippen LogP contribution >= 0.6 is 0 Å². The third-order valence-corrected chi connectivity index (χ3v) is 7.05. The first-order chi connectivity index (χ1) is 12.9. The predicted octanol–water partition coefficient (Wildman–Crippen LogP) is 1.96. The number of hydrogen-bond donors (Lipinski definition) is 1. The highest BCUT2D eigenvalue weighted by Gasteiger charge is 2.42. The first kappa shape index (κ1) is 20.3. The quantitative estimate of drug-likeness (QED) is 0.800. The number of benzene rings is 1. The average molecular weight is 395 g/mol. The molecule has 0 saturated carbocycles. The zero-order valence-electron chi connectivity index (χ0n) is 16.0. The standard InChI is InChI=1S/C20H30N2O4S/c1-27(24,25)22-12-9-20(10-13-22)16-18(8-14-26-20)15-19(23)21-11-7-17-5-3-2-4-6-17/h2-6,18H,7-16H2,1H3,(H,21,23). The summed E-state index contributed by atoms with van der Waals surface area (Å²) >= 11 is 0. The van der Waals surface area contributed by atoms with Crippen molar-refractivity contribution in [3.8, 4) is 0 Å². The van der Waals surface area contributed by atoms with Crippen LogP contribution in [0.25, 0.3) is 0 Å². The fraction of sp³-hybridized carbons (Fsp3) is 0.650. The van der Waals surface area contributed by atoms with Gasteiger partial charge in [-0.15, -0.1) is 0 Å². The number of carbonyl (C=O) groups is 1. The maximum Gasteiger partial charge on any atom is 0.220 e. The molecule has 2 fully saturated rings. The highest BCUT2D eigenvalue weighted by molar-refractivity contribution is 7.88. The Morgan fingerprint density at radius 2 is 1.96 bits per heavy atom. The molecule has 1 unspecified atom stereocenters. The molecule has 0 radical (unpaired) electrons. The molecule has 27 heavy (non-hydrogen) atoms. The van der Waals surface area contributed by atoms with Crippen LogP contribution in [0.4, 0.5) is 0 Å². The normalized spacial score (nSPS) is 23.2. The topological polar surface area (TPSA) is 75.7 Å². The molecule has 0 aromatic heterocycles. The van der Waals surface area contributed by atoms with Gasteiger partial charge in [-0.1, -0.05) is 30.3 Å². The number of piperidine rings is 1. The molecule has 2 heterocycles. The van der Waals surface area contributed by atoms with E-state index in [4.69, 9.17) is 4.74 Å². The van der Waals surface area contributed by atoms with E-state index < -0.39 is 10.0 Å². The number of carbonyl (C=O) groups excluding carboxylic acids is 1. The number of sulfonamides is 1. The number of nitrogens with zero attached hydrogens (tertiary/aromatic N) is 1. The van der Waals surface area contributed by atoms with Crippen LogP contribution in [0.1, 0.15) is 37.7 Å². The van der Waals surface area contributed by atoms with E-state index in [9.17, 15) is 13.2 Å². The first-order valence-electron chi connectivity index (χ1n) is 9.76. The van der Waals surface area contributed by atoms with Crippen molar-refractivity contribution in [1.82, 2.24) is 9.62 Å². The summed E-state index contributed by atoms with van der Waals surface area (Å²) in [4.78, 5) is 12.3. The molecule has 1 aromatic rings. The van der Waals surface area contributed by atoms with E-state index in [0.717, 1.165) is 19.3 Å². The summed E-state index contributed by atoms with van der Waals surface area (Å²) in [6, 6.07) is 10.1. The van der Waals surface area contributed by atoms with Gasteiger partial charge in [0.2, 0.25) is 15.9 Å². The van der Waals surface area contributed by atoms with E-state index in [-0.39, 0.29) is 11.5 Å². The Hall–Kier alpha value is -1.44. The maximum absolute atomic E-state index is 12.3. The Balaban J connectivity index is 1.44. The molecular weight excluding hydrogens is 364 g/mol. The minimum atomic E-state index is -3.13. The van der Waals surface area contributed by atoms with E-state index in [1.165, 1.54) is 16.1 Å². The summed E-state index contributed by atoms with van der Waals surface area (Å²) in [6.45, 7) is 2.32. The van der Waals surface area contributed by atoms with Gasteiger partial charge in [-0.25, -0.2) is 12.7 Å². The summed E-state index contributed by atoms with van der Waals surface area (Å²) in [7, 11) is -3.13. The molecule has 2 aliphatic heterocycles. The van der Waals surface area contributed by atoms with Gasteiger partial charge in [0.1, 0.15) is 0 Å². The Kier molecular flexibility index (Phi) is 6.55. The number of nitrogens with one attached hydrogen (secondary N) is 1. The fourth-order valence-electron chi connectivity index (χ4n) is 4.20. The van der Waals surface area contributed by atoms with Gasteiger partial charge in [-0.05, 0) is 43.6 Å². The zero-order chi connectivity index (χ0) is 19.3. The zero-order valence-corrected chi connectivity index (χ0v) is 16.8. The molecule has 1 amide bonds. The van der Waals surface area contributed by atoms with Crippen molar-refractivity contribution >= 4 is 15.9 Å². The molecule has 150 valence electrons. The van der Waals surface area contributed by atoms with Crippen molar-refractivity contribution in [1.29, 1.82) is 0 Å². The molecule has 1 atom stereocenters. The van der Waals surface area contributed by atoms with E-state index in [2.05, 4.69) is 17.4 Å². The lowest BCUT2D eigenvalue weighted by molar-refractivity contribution is -0.132. The molecule has 2 aliphatic rings. The van der Waals surface area contributed by atoms with Crippen LogP contribution in [0.3, 0.4) is 0 Å². The minimum Gasteiger partial charge on any atom is -0.375 e. The Morgan fingerprint density at radius 1 is 1.26 bits per heavy atom. The molecular formula is C20H30N2O4S. The highest BCUT2D eigenvalue weighted by atomic mass is 32.2. The van der Waals surface area contributed by atoms with Crippen molar-refractivity contribution in [3.05, 3.63) is 35.9 Å². The van der Waals surface area contributed by atoms with Gasteiger partial charge in [0, 0.05) is 32.7 Å². The van der Waals surface area contributed by atoms with Crippen LogP contribution in [-0.4, -0.2) is 56.7 Å². The molecule has 0 bridgehead atoms. The predicted molar refractivity (Wildman–Crippen MR) is 105 cm³/mol. The van der Waals surface area contributed by atoms with Crippen LogP contribution in [0.2, 0.25) is 0 Å². The Bertz CT molecular complexity index is 728. The van der Waals surface area contributed by atoms with Gasteiger partial charge >= 0.3 is 0 Å². The number of rotatable bonds is 6. The summed E-state index contributed by atoms with van der Waals surface area (Å²) in [6.07, 6.45) is 5.79. The molecule has 2 saturated heterocycles. The van der Waals surface area contributed by atoms with Crippen molar-refractivity contribution in [3.63, 3.8) is 0 Å². The van der Waals surface area contributed by atoms with Crippen molar-refractivity contribution in [2.75, 3.05) is 32.5 Å². The Labute approximate surface area is 162 Å². The van der Waals surface area contributed by atoms with Crippen LogP contribution in [0.5, 0.6) is 0 Å². The molecule has 7 heteroatoms. The van der Waals surface area contributed by atoms with E-state index in [1.54, 1.807) is 0 Å². The van der Waals surface area contributed by atoms with E-state index >= 15 is 0 Å². The van der Waals surface area contributed by atoms with Gasteiger partial charge in [-0.2, -0.15) is 0 Å². The minimum absolute atomic E-state index is 0.0987. The molecule has 3 rings (SSSR count). The lowest BCUT2D eigenvalue weighted by atomic mass is 9.78. The van der Waals surface area contributed by atoms with E-state index in [1.807, 2.05) is 18.2 Å². The second-order valence-corrected chi connectivity index (χ2v) is 9.82. The van der Waals surface area contributed by atoms with Crippen molar-refractivity contribution in [2.45, 2.75) is 44.1 Å². The molecule has 1 aromatic carbocycles. The van der Waals surface area contributed by atoms with Crippen LogP contribution in [-0.2, 0) is 26.0 Å². The van der Waals surface area contributed by atoms with Gasteiger partial charge < -0.3 is 10.1 Å². The van der Waals surface area contributed by atoms with Gasteiger partial charge in [0.25, 0.3) is 0 Å². The number of amides is 1. The molecule has 1 N–H and O–H groups in total. The lowest BCUT2D eigenvalue weighted by Crippen LogP contribution is -2.50. The van der Waals surface area contributed by atoms with Gasteiger partial charge in [-0.3, -0.25) is 4.79 Å². The fourth-order valence-corrected chi connectivity index (χ4v) is 5.05. The molecule has 6 nitrogen and oxygen atoms in total. The van der Waals surface area contributed by atoms with Crippen LogP contribution < -0.4 is 5.32 Å². The number of hydrogen-bond acceptors (Lipinski definition) is 4. The average Bonchev–Trinajstić information content (AvgIpc) is 2.62. The Morgan fingerprint density at radius 3 is 2.63 bits per heavy atom. The third kappa shape index (κ3) is 5.77.